The summed E-state index contributed by atoms with van der Waals surface area (Å²) in [5.41, 5.74) is 4.95. The number of hydrogen-bond donors (Lipinski definition) is 0. The van der Waals surface area contributed by atoms with Gasteiger partial charge in [-0.25, -0.2) is 9.37 Å². The molecule has 0 N–H and O–H groups in total. The molecule has 108 valence electrons. The van der Waals surface area contributed by atoms with Gasteiger partial charge in [0.15, 0.2) is 0 Å². The number of imidazole rings is 1. The Morgan fingerprint density at radius 3 is 2.48 bits per heavy atom. The first-order valence-electron chi connectivity index (χ1n) is 6.93. The third-order valence-electron chi connectivity index (χ3n) is 3.47. The molecule has 0 saturated heterocycles. The van der Waals surface area contributed by atoms with Crippen LogP contribution in [0.3, 0.4) is 0 Å². The molecule has 0 aliphatic heterocycles. The van der Waals surface area contributed by atoms with Crippen molar-refractivity contribution in [3.8, 4) is 11.3 Å². The molecule has 2 aromatic heterocycles. The maximum Gasteiger partial charge on any atom is 0.139 e. The lowest BCUT2D eigenvalue weighted by molar-refractivity contribution is 0.396. The lowest BCUT2D eigenvalue weighted by Gasteiger charge is -2.11. The zero-order valence-corrected chi connectivity index (χ0v) is 12.5. The highest BCUT2D eigenvalue weighted by molar-refractivity contribution is 5.66. The minimum atomic E-state index is -0.254. The minimum absolute atomic E-state index is 0.254. The number of pyridine rings is 1. The molecule has 0 radical (unpaired) electrons. The van der Waals surface area contributed by atoms with Crippen molar-refractivity contribution < 1.29 is 4.39 Å². The van der Waals surface area contributed by atoms with Gasteiger partial charge >= 0.3 is 0 Å². The van der Waals surface area contributed by atoms with Gasteiger partial charge in [-0.2, -0.15) is 0 Å². The second-order valence-electron chi connectivity index (χ2n) is 5.59. The molecule has 0 saturated carbocycles. The van der Waals surface area contributed by atoms with Gasteiger partial charge in [0.1, 0.15) is 11.5 Å². The average Bonchev–Trinajstić information content (AvgIpc) is 2.77. The molecule has 21 heavy (non-hydrogen) atoms. The van der Waals surface area contributed by atoms with Crippen molar-refractivity contribution in [2.24, 2.45) is 0 Å². The lowest BCUT2D eigenvalue weighted by atomic mass is 10.1. The molecule has 0 aliphatic carbocycles. The summed E-state index contributed by atoms with van der Waals surface area (Å²) in [6, 6.07) is 11.4. The van der Waals surface area contributed by atoms with E-state index in [9.17, 15) is 4.39 Å². The fraction of sp³-hybridized carbons (Fsp3) is 0.235. The van der Waals surface area contributed by atoms with Gasteiger partial charge in [-0.05, 0) is 33.2 Å². The maximum absolute atomic E-state index is 13.6. The quantitative estimate of drug-likeness (QED) is 0.733. The van der Waals surface area contributed by atoms with Crippen molar-refractivity contribution in [1.82, 2.24) is 14.3 Å². The summed E-state index contributed by atoms with van der Waals surface area (Å²) in [5, 5.41) is 0. The van der Waals surface area contributed by atoms with Crippen molar-refractivity contribution in [3.63, 3.8) is 0 Å². The van der Waals surface area contributed by atoms with E-state index in [1.54, 1.807) is 6.07 Å². The molecule has 4 heteroatoms. The highest BCUT2D eigenvalue weighted by Crippen LogP contribution is 2.26. The van der Waals surface area contributed by atoms with Crippen LogP contribution >= 0.6 is 0 Å². The first-order chi connectivity index (χ1) is 10.0. The number of nitrogens with zero attached hydrogens (tertiary/aromatic N) is 3. The molecule has 0 atom stereocenters. The SMILES string of the molecule is Cc1ccc(-c2nc3ccc(F)cn3c2CN(C)C)cc1. The van der Waals surface area contributed by atoms with Gasteiger partial charge in [0.2, 0.25) is 0 Å². The van der Waals surface area contributed by atoms with E-state index >= 15 is 0 Å². The van der Waals surface area contributed by atoms with E-state index in [0.29, 0.717) is 6.54 Å². The van der Waals surface area contributed by atoms with Crippen LogP contribution in [-0.4, -0.2) is 28.4 Å². The Bertz CT molecular complexity index is 773. The fourth-order valence-electron chi connectivity index (χ4n) is 2.46. The summed E-state index contributed by atoms with van der Waals surface area (Å²) in [6.45, 7) is 2.76. The first-order valence-corrected chi connectivity index (χ1v) is 6.93. The fourth-order valence-corrected chi connectivity index (χ4v) is 2.46. The number of halogens is 1. The normalized spacial score (nSPS) is 11.5. The minimum Gasteiger partial charge on any atom is -0.304 e. The zero-order valence-electron chi connectivity index (χ0n) is 12.5. The highest BCUT2D eigenvalue weighted by Gasteiger charge is 2.15. The Labute approximate surface area is 123 Å². The summed E-state index contributed by atoms with van der Waals surface area (Å²) in [5.74, 6) is -0.254. The van der Waals surface area contributed by atoms with Crippen LogP contribution in [0.15, 0.2) is 42.6 Å². The van der Waals surface area contributed by atoms with Gasteiger partial charge in [0.05, 0.1) is 11.4 Å². The van der Waals surface area contributed by atoms with E-state index in [2.05, 4.69) is 41.1 Å². The van der Waals surface area contributed by atoms with Crippen molar-refractivity contribution in [2.75, 3.05) is 14.1 Å². The van der Waals surface area contributed by atoms with Crippen LogP contribution in [0, 0.1) is 12.7 Å². The summed E-state index contributed by atoms with van der Waals surface area (Å²) in [7, 11) is 4.00. The van der Waals surface area contributed by atoms with Crippen LogP contribution in [-0.2, 0) is 6.54 Å². The number of benzene rings is 1. The number of aromatic nitrogens is 2. The Morgan fingerprint density at radius 1 is 1.10 bits per heavy atom. The van der Waals surface area contributed by atoms with Gasteiger partial charge in [0.25, 0.3) is 0 Å². The molecular weight excluding hydrogens is 265 g/mol. The van der Waals surface area contributed by atoms with Gasteiger partial charge in [-0.3, -0.25) is 4.40 Å². The highest BCUT2D eigenvalue weighted by atomic mass is 19.1. The van der Waals surface area contributed by atoms with E-state index in [4.69, 9.17) is 0 Å². The van der Waals surface area contributed by atoms with Gasteiger partial charge in [-0.1, -0.05) is 29.8 Å². The Kier molecular flexibility index (Phi) is 3.47. The predicted octanol–water partition coefficient (Wildman–Crippen LogP) is 3.51. The third-order valence-corrected chi connectivity index (χ3v) is 3.47. The van der Waals surface area contributed by atoms with Crippen LogP contribution in [0.25, 0.3) is 16.9 Å². The van der Waals surface area contributed by atoms with E-state index in [-0.39, 0.29) is 5.82 Å². The van der Waals surface area contributed by atoms with Crippen LogP contribution in [0.2, 0.25) is 0 Å². The van der Waals surface area contributed by atoms with Crippen molar-refractivity contribution in [3.05, 3.63) is 59.7 Å². The van der Waals surface area contributed by atoms with E-state index < -0.39 is 0 Å². The van der Waals surface area contributed by atoms with Crippen molar-refractivity contribution in [1.29, 1.82) is 0 Å². The Morgan fingerprint density at radius 2 is 1.81 bits per heavy atom. The molecule has 3 rings (SSSR count). The van der Waals surface area contributed by atoms with Crippen molar-refractivity contribution >= 4 is 5.65 Å². The number of hydrogen-bond acceptors (Lipinski definition) is 2. The number of fused-ring (bicyclic) bond motifs is 1. The second-order valence-corrected chi connectivity index (χ2v) is 5.59. The molecular formula is C17H18FN3. The number of rotatable bonds is 3. The standard InChI is InChI=1S/C17H18FN3/c1-12-4-6-13(7-5-12)17-15(11-20(2)3)21-10-14(18)8-9-16(21)19-17/h4-10H,11H2,1-3H3. The van der Waals surface area contributed by atoms with Gasteiger partial charge < -0.3 is 4.90 Å². The molecule has 0 bridgehead atoms. The molecule has 0 spiro atoms. The van der Waals surface area contributed by atoms with Gasteiger partial charge in [-0.15, -0.1) is 0 Å². The molecule has 3 nitrogen and oxygen atoms in total. The van der Waals surface area contributed by atoms with E-state index in [1.807, 2.05) is 18.5 Å². The summed E-state index contributed by atoms with van der Waals surface area (Å²) >= 11 is 0. The maximum atomic E-state index is 13.6. The summed E-state index contributed by atoms with van der Waals surface area (Å²) in [4.78, 5) is 6.74. The van der Waals surface area contributed by atoms with Crippen molar-refractivity contribution in [2.45, 2.75) is 13.5 Å². The predicted molar refractivity (Wildman–Crippen MR) is 82.7 cm³/mol. The summed E-state index contributed by atoms with van der Waals surface area (Å²) < 4.78 is 15.4. The molecule has 0 fully saturated rings. The Balaban J connectivity index is 2.22. The van der Waals surface area contributed by atoms with Crippen LogP contribution in [0.1, 0.15) is 11.3 Å². The largest absolute Gasteiger partial charge is 0.304 e. The van der Waals surface area contributed by atoms with E-state index in [0.717, 1.165) is 22.6 Å². The van der Waals surface area contributed by atoms with E-state index in [1.165, 1.54) is 17.8 Å². The number of aryl methyl sites for hydroxylation is 1. The monoisotopic (exact) mass is 283 g/mol. The molecule has 1 aromatic carbocycles. The molecule has 0 unspecified atom stereocenters. The molecule has 0 amide bonds. The molecule has 2 heterocycles. The van der Waals surface area contributed by atoms with Crippen LogP contribution in [0.4, 0.5) is 4.39 Å². The zero-order chi connectivity index (χ0) is 15.0. The molecule has 0 aliphatic rings. The van der Waals surface area contributed by atoms with Crippen LogP contribution in [0.5, 0.6) is 0 Å². The summed E-state index contributed by atoms with van der Waals surface area (Å²) in [6.07, 6.45) is 1.50. The lowest BCUT2D eigenvalue weighted by Crippen LogP contribution is -2.13. The second kappa shape index (κ2) is 5.30. The molecule has 3 aromatic rings. The van der Waals surface area contributed by atoms with Gasteiger partial charge in [0, 0.05) is 18.3 Å². The third kappa shape index (κ3) is 2.67. The van der Waals surface area contributed by atoms with Crippen LogP contribution < -0.4 is 0 Å². The smallest absolute Gasteiger partial charge is 0.139 e. The average molecular weight is 283 g/mol. The first kappa shape index (κ1) is 13.8. The topological polar surface area (TPSA) is 20.5 Å². The Hall–Kier alpha value is -2.20.